The molecule has 0 saturated heterocycles. The lowest BCUT2D eigenvalue weighted by Crippen LogP contribution is -2.31. The molecular weight excluding hydrogens is 308 g/mol. The lowest BCUT2D eigenvalue weighted by atomic mass is 10.3. The molecule has 0 radical (unpaired) electrons. The average molecular weight is 324 g/mol. The molecule has 18 heavy (non-hydrogen) atoms. The van der Waals surface area contributed by atoms with Crippen LogP contribution in [0.15, 0.2) is 16.6 Å². The molecule has 102 valence electrons. The monoisotopic (exact) mass is 323 g/mol. The van der Waals surface area contributed by atoms with E-state index in [1.165, 1.54) is 6.07 Å². The molecular formula is C12H16BrF2NO2. The van der Waals surface area contributed by atoms with Gasteiger partial charge in [-0.15, -0.1) is 0 Å². The van der Waals surface area contributed by atoms with Gasteiger partial charge in [-0.05, 0) is 19.1 Å². The van der Waals surface area contributed by atoms with Crippen LogP contribution >= 0.6 is 15.9 Å². The first kappa shape index (κ1) is 15.3. The Kier molecular flexibility index (Phi) is 6.52. The average Bonchev–Trinajstić information content (AvgIpc) is 2.31. The second-order valence-corrected chi connectivity index (χ2v) is 4.74. The van der Waals surface area contributed by atoms with E-state index in [2.05, 4.69) is 21.2 Å². The first-order chi connectivity index (χ1) is 8.54. The van der Waals surface area contributed by atoms with Gasteiger partial charge in [-0.2, -0.15) is 4.39 Å². The Bertz CT molecular complexity index is 391. The highest BCUT2D eigenvalue weighted by Crippen LogP contribution is 2.26. The van der Waals surface area contributed by atoms with Crippen LogP contribution in [0.3, 0.4) is 0 Å². The summed E-state index contributed by atoms with van der Waals surface area (Å²) >= 11 is 3.09. The number of halogens is 3. The molecule has 1 unspecified atom stereocenters. The van der Waals surface area contributed by atoms with E-state index in [9.17, 15) is 8.78 Å². The fraction of sp³-hybridized carbons (Fsp3) is 0.500. The molecule has 0 amide bonds. The van der Waals surface area contributed by atoms with E-state index in [0.29, 0.717) is 24.2 Å². The largest absolute Gasteiger partial charge is 0.486 e. The van der Waals surface area contributed by atoms with Crippen LogP contribution in [0, 0.1) is 11.6 Å². The highest BCUT2D eigenvalue weighted by Gasteiger charge is 2.13. The molecule has 0 aromatic heterocycles. The fourth-order valence-corrected chi connectivity index (χ4v) is 1.77. The number of ether oxygens (including phenoxy) is 2. The van der Waals surface area contributed by atoms with Gasteiger partial charge in [-0.25, -0.2) is 4.39 Å². The Morgan fingerprint density at radius 1 is 1.39 bits per heavy atom. The normalized spacial score (nSPS) is 12.5. The molecule has 0 spiro atoms. The number of benzene rings is 1. The molecule has 0 aliphatic heterocycles. The minimum atomic E-state index is -0.970. The van der Waals surface area contributed by atoms with Crippen molar-refractivity contribution in [3.8, 4) is 5.75 Å². The summed E-state index contributed by atoms with van der Waals surface area (Å²) < 4.78 is 37.2. The second-order valence-electron chi connectivity index (χ2n) is 3.83. The summed E-state index contributed by atoms with van der Waals surface area (Å²) in [6.07, 6.45) is -0.273. The predicted octanol–water partition coefficient (Wildman–Crippen LogP) is 2.73. The van der Waals surface area contributed by atoms with Gasteiger partial charge in [0.25, 0.3) is 0 Å². The van der Waals surface area contributed by atoms with Crippen molar-refractivity contribution in [2.45, 2.75) is 13.0 Å². The van der Waals surface area contributed by atoms with Gasteiger partial charge < -0.3 is 14.8 Å². The lowest BCUT2D eigenvalue weighted by molar-refractivity contribution is 0.180. The molecule has 0 bridgehead atoms. The van der Waals surface area contributed by atoms with Crippen LogP contribution in [0.2, 0.25) is 0 Å². The molecule has 1 rings (SSSR count). The summed E-state index contributed by atoms with van der Waals surface area (Å²) in [6, 6.07) is 2.47. The highest BCUT2D eigenvalue weighted by molar-refractivity contribution is 9.10. The van der Waals surface area contributed by atoms with Gasteiger partial charge >= 0.3 is 0 Å². The number of nitrogens with one attached hydrogen (secondary N) is 1. The molecule has 0 heterocycles. The van der Waals surface area contributed by atoms with Gasteiger partial charge in [0, 0.05) is 24.7 Å². The van der Waals surface area contributed by atoms with Gasteiger partial charge in [0.05, 0.1) is 6.61 Å². The summed E-state index contributed by atoms with van der Waals surface area (Å²) in [4.78, 5) is 0. The third-order valence-electron chi connectivity index (χ3n) is 2.20. The summed E-state index contributed by atoms with van der Waals surface area (Å²) in [5, 5.41) is 3.08. The van der Waals surface area contributed by atoms with Crippen molar-refractivity contribution in [3.05, 3.63) is 28.2 Å². The first-order valence-corrected chi connectivity index (χ1v) is 6.34. The van der Waals surface area contributed by atoms with Gasteiger partial charge in [-0.1, -0.05) is 15.9 Å². The molecule has 0 fully saturated rings. The fourth-order valence-electron chi connectivity index (χ4n) is 1.36. The summed E-state index contributed by atoms with van der Waals surface area (Å²) in [6.45, 7) is 3.57. The number of rotatable bonds is 7. The van der Waals surface area contributed by atoms with Crippen molar-refractivity contribution in [3.63, 3.8) is 0 Å². The summed E-state index contributed by atoms with van der Waals surface area (Å²) in [5.74, 6) is -2.00. The predicted molar refractivity (Wildman–Crippen MR) is 68.9 cm³/mol. The molecule has 0 aliphatic rings. The maximum Gasteiger partial charge on any atom is 0.200 e. The van der Waals surface area contributed by atoms with E-state index in [0.717, 1.165) is 6.07 Å². The molecule has 1 N–H and O–H groups in total. The van der Waals surface area contributed by atoms with Crippen LogP contribution in [0.4, 0.5) is 8.78 Å². The van der Waals surface area contributed by atoms with E-state index in [4.69, 9.17) is 9.47 Å². The zero-order valence-electron chi connectivity index (χ0n) is 10.3. The third kappa shape index (κ3) is 4.88. The van der Waals surface area contributed by atoms with E-state index in [-0.39, 0.29) is 11.9 Å². The quantitative estimate of drug-likeness (QED) is 0.618. The number of hydrogen-bond donors (Lipinski definition) is 1. The maximum absolute atomic E-state index is 13.4. The van der Waals surface area contributed by atoms with E-state index in [1.54, 1.807) is 14.0 Å². The standard InChI is InChI=1S/C12H16BrF2NO2/c1-8(7-16-3-4-17-2)18-11-6-9(13)5-10(14)12(11)15/h5-6,8,16H,3-4,7H2,1-2H3. The highest BCUT2D eigenvalue weighted by atomic mass is 79.9. The van der Waals surface area contributed by atoms with Crippen LogP contribution in [-0.4, -0.2) is 32.9 Å². The Morgan fingerprint density at radius 3 is 2.78 bits per heavy atom. The van der Waals surface area contributed by atoms with E-state index < -0.39 is 11.6 Å². The zero-order chi connectivity index (χ0) is 13.5. The van der Waals surface area contributed by atoms with Crippen LogP contribution < -0.4 is 10.1 Å². The van der Waals surface area contributed by atoms with Crippen LogP contribution in [0.25, 0.3) is 0 Å². The van der Waals surface area contributed by atoms with Gasteiger partial charge in [-0.3, -0.25) is 0 Å². The molecule has 1 aromatic carbocycles. The smallest absolute Gasteiger partial charge is 0.200 e. The molecule has 1 atom stereocenters. The van der Waals surface area contributed by atoms with Crippen molar-refractivity contribution >= 4 is 15.9 Å². The summed E-state index contributed by atoms with van der Waals surface area (Å²) in [7, 11) is 1.61. The summed E-state index contributed by atoms with van der Waals surface area (Å²) in [5.41, 5.74) is 0. The van der Waals surface area contributed by atoms with Crippen LogP contribution in [0.5, 0.6) is 5.75 Å². The topological polar surface area (TPSA) is 30.5 Å². The van der Waals surface area contributed by atoms with Crippen molar-refractivity contribution in [1.82, 2.24) is 5.32 Å². The Morgan fingerprint density at radius 2 is 2.11 bits per heavy atom. The van der Waals surface area contributed by atoms with Crippen molar-refractivity contribution < 1.29 is 18.3 Å². The third-order valence-corrected chi connectivity index (χ3v) is 2.66. The van der Waals surface area contributed by atoms with Crippen molar-refractivity contribution in [2.75, 3.05) is 26.8 Å². The molecule has 1 aromatic rings. The van der Waals surface area contributed by atoms with Crippen molar-refractivity contribution in [1.29, 1.82) is 0 Å². The lowest BCUT2D eigenvalue weighted by Gasteiger charge is -2.16. The Hall–Kier alpha value is -0.720. The van der Waals surface area contributed by atoms with Gasteiger partial charge in [0.1, 0.15) is 6.10 Å². The maximum atomic E-state index is 13.4. The second kappa shape index (κ2) is 7.66. The zero-order valence-corrected chi connectivity index (χ0v) is 11.9. The van der Waals surface area contributed by atoms with Crippen LogP contribution in [0.1, 0.15) is 6.92 Å². The van der Waals surface area contributed by atoms with Gasteiger partial charge in [0.15, 0.2) is 11.6 Å². The Labute approximate surface area is 114 Å². The molecule has 0 saturated carbocycles. The van der Waals surface area contributed by atoms with Crippen molar-refractivity contribution in [2.24, 2.45) is 0 Å². The van der Waals surface area contributed by atoms with E-state index in [1.807, 2.05) is 0 Å². The van der Waals surface area contributed by atoms with E-state index >= 15 is 0 Å². The number of hydrogen-bond acceptors (Lipinski definition) is 3. The van der Waals surface area contributed by atoms with Gasteiger partial charge in [0.2, 0.25) is 5.82 Å². The number of methoxy groups -OCH3 is 1. The molecule has 6 heteroatoms. The minimum Gasteiger partial charge on any atom is -0.486 e. The molecule has 0 aliphatic carbocycles. The minimum absolute atomic E-state index is 0.0945. The molecule has 3 nitrogen and oxygen atoms in total. The Balaban J connectivity index is 2.51. The SMILES string of the molecule is COCCNCC(C)Oc1cc(Br)cc(F)c1F. The first-order valence-electron chi connectivity index (χ1n) is 5.55. The van der Waals surface area contributed by atoms with Crippen LogP contribution in [-0.2, 0) is 4.74 Å².